The SMILES string of the molecule is FC(F)(F)c1ccnc(NCCCc2ncn[nH]2)c1. The van der Waals surface area contributed by atoms with Crippen LogP contribution >= 0.6 is 0 Å². The molecule has 19 heavy (non-hydrogen) atoms. The highest BCUT2D eigenvalue weighted by atomic mass is 19.4. The van der Waals surface area contributed by atoms with Crippen LogP contribution < -0.4 is 5.32 Å². The van der Waals surface area contributed by atoms with Crippen molar-refractivity contribution in [2.24, 2.45) is 0 Å². The van der Waals surface area contributed by atoms with Gasteiger partial charge in [0.25, 0.3) is 0 Å². The van der Waals surface area contributed by atoms with Crippen LogP contribution in [0.5, 0.6) is 0 Å². The van der Waals surface area contributed by atoms with Crippen LogP contribution in [0.15, 0.2) is 24.7 Å². The van der Waals surface area contributed by atoms with E-state index in [0.717, 1.165) is 24.2 Å². The molecule has 0 aliphatic rings. The van der Waals surface area contributed by atoms with Crippen LogP contribution in [0.3, 0.4) is 0 Å². The number of aromatic nitrogens is 4. The van der Waals surface area contributed by atoms with E-state index in [1.54, 1.807) is 0 Å². The van der Waals surface area contributed by atoms with Crippen LogP contribution in [0, 0.1) is 0 Å². The number of H-pyrrole nitrogens is 1. The predicted molar refractivity (Wildman–Crippen MR) is 62.4 cm³/mol. The number of aromatic amines is 1. The molecule has 0 aromatic carbocycles. The summed E-state index contributed by atoms with van der Waals surface area (Å²) in [7, 11) is 0. The molecule has 0 unspecified atom stereocenters. The van der Waals surface area contributed by atoms with Gasteiger partial charge in [0.2, 0.25) is 0 Å². The molecule has 102 valence electrons. The van der Waals surface area contributed by atoms with E-state index in [0.29, 0.717) is 19.4 Å². The van der Waals surface area contributed by atoms with Crippen molar-refractivity contribution in [1.82, 2.24) is 20.2 Å². The number of anilines is 1. The fraction of sp³-hybridized carbons (Fsp3) is 0.364. The summed E-state index contributed by atoms with van der Waals surface area (Å²) in [6.07, 6.45) is -0.406. The van der Waals surface area contributed by atoms with Gasteiger partial charge < -0.3 is 5.32 Å². The van der Waals surface area contributed by atoms with E-state index in [4.69, 9.17) is 0 Å². The van der Waals surface area contributed by atoms with Crippen molar-refractivity contribution >= 4 is 5.82 Å². The molecule has 0 aliphatic carbocycles. The lowest BCUT2D eigenvalue weighted by molar-refractivity contribution is -0.137. The Bertz CT molecular complexity index is 509. The fourth-order valence-electron chi connectivity index (χ4n) is 1.53. The summed E-state index contributed by atoms with van der Waals surface area (Å²) in [6, 6.07) is 1.94. The average Bonchev–Trinajstić information content (AvgIpc) is 2.87. The Morgan fingerprint density at radius 1 is 1.26 bits per heavy atom. The average molecular weight is 271 g/mol. The minimum Gasteiger partial charge on any atom is -0.370 e. The number of hydrogen-bond acceptors (Lipinski definition) is 4. The maximum absolute atomic E-state index is 12.5. The number of alkyl halides is 3. The largest absolute Gasteiger partial charge is 0.416 e. The van der Waals surface area contributed by atoms with E-state index in [1.807, 2.05) is 0 Å². The molecule has 5 nitrogen and oxygen atoms in total. The monoisotopic (exact) mass is 271 g/mol. The van der Waals surface area contributed by atoms with Crippen LogP contribution in [0.25, 0.3) is 0 Å². The summed E-state index contributed by atoms with van der Waals surface area (Å²) < 4.78 is 37.4. The van der Waals surface area contributed by atoms with Crippen molar-refractivity contribution in [2.75, 3.05) is 11.9 Å². The second-order valence-corrected chi connectivity index (χ2v) is 3.89. The standard InChI is InChI=1S/C11H12F3N5/c12-11(13,14)8-3-5-16-10(6-8)15-4-1-2-9-17-7-18-19-9/h3,5-7H,1-2,4H2,(H,15,16)(H,17,18,19). The molecule has 2 aromatic heterocycles. The van der Waals surface area contributed by atoms with Gasteiger partial charge in [-0.3, -0.25) is 5.10 Å². The van der Waals surface area contributed by atoms with Crippen molar-refractivity contribution in [2.45, 2.75) is 19.0 Å². The molecule has 0 atom stereocenters. The lowest BCUT2D eigenvalue weighted by atomic mass is 10.2. The third kappa shape index (κ3) is 3.94. The minimum atomic E-state index is -4.35. The number of hydrogen-bond donors (Lipinski definition) is 2. The highest BCUT2D eigenvalue weighted by Gasteiger charge is 2.30. The predicted octanol–water partition coefficient (Wildman–Crippen LogP) is 2.26. The van der Waals surface area contributed by atoms with Gasteiger partial charge in [-0.2, -0.15) is 18.3 Å². The van der Waals surface area contributed by atoms with E-state index in [9.17, 15) is 13.2 Å². The van der Waals surface area contributed by atoms with Gasteiger partial charge in [0.1, 0.15) is 18.0 Å². The Labute approximate surface area is 107 Å². The van der Waals surface area contributed by atoms with E-state index < -0.39 is 11.7 Å². The zero-order valence-electron chi connectivity index (χ0n) is 9.91. The van der Waals surface area contributed by atoms with Crippen LogP contribution in [0.1, 0.15) is 17.8 Å². The van der Waals surface area contributed by atoms with Crippen molar-refractivity contribution in [1.29, 1.82) is 0 Å². The molecular weight excluding hydrogens is 259 g/mol. The highest BCUT2D eigenvalue weighted by molar-refractivity contribution is 5.38. The number of nitrogens with zero attached hydrogens (tertiary/aromatic N) is 3. The lowest BCUT2D eigenvalue weighted by Gasteiger charge is -2.09. The van der Waals surface area contributed by atoms with E-state index >= 15 is 0 Å². The Balaban J connectivity index is 1.83. The maximum atomic E-state index is 12.5. The third-order valence-electron chi connectivity index (χ3n) is 2.45. The Morgan fingerprint density at radius 2 is 2.11 bits per heavy atom. The van der Waals surface area contributed by atoms with Crippen molar-refractivity contribution in [3.05, 3.63) is 36.0 Å². The Hall–Kier alpha value is -2.12. The first-order chi connectivity index (χ1) is 9.05. The van der Waals surface area contributed by atoms with Crippen LogP contribution in [0.4, 0.5) is 19.0 Å². The Kier molecular flexibility index (Phi) is 3.98. The fourth-order valence-corrected chi connectivity index (χ4v) is 1.53. The molecule has 2 aromatic rings. The number of rotatable bonds is 5. The first-order valence-corrected chi connectivity index (χ1v) is 5.67. The molecule has 0 bridgehead atoms. The van der Waals surface area contributed by atoms with E-state index in [-0.39, 0.29) is 5.82 Å². The summed E-state index contributed by atoms with van der Waals surface area (Å²) in [5.41, 5.74) is -0.708. The molecule has 2 heterocycles. The van der Waals surface area contributed by atoms with Gasteiger partial charge in [-0.05, 0) is 18.6 Å². The molecule has 0 radical (unpaired) electrons. The first kappa shape index (κ1) is 13.3. The number of nitrogens with one attached hydrogen (secondary N) is 2. The highest BCUT2D eigenvalue weighted by Crippen LogP contribution is 2.29. The number of halogens is 3. The Morgan fingerprint density at radius 3 is 2.79 bits per heavy atom. The molecule has 0 saturated heterocycles. The third-order valence-corrected chi connectivity index (χ3v) is 2.45. The molecule has 0 spiro atoms. The van der Waals surface area contributed by atoms with Crippen LogP contribution in [-0.4, -0.2) is 26.7 Å². The molecule has 0 saturated carbocycles. The number of aryl methyl sites for hydroxylation is 1. The first-order valence-electron chi connectivity index (χ1n) is 5.67. The maximum Gasteiger partial charge on any atom is 0.416 e. The number of pyridine rings is 1. The minimum absolute atomic E-state index is 0.215. The van der Waals surface area contributed by atoms with Crippen LogP contribution in [-0.2, 0) is 12.6 Å². The molecule has 2 rings (SSSR count). The quantitative estimate of drug-likeness (QED) is 0.819. The molecule has 2 N–H and O–H groups in total. The van der Waals surface area contributed by atoms with Crippen molar-refractivity contribution in [3.63, 3.8) is 0 Å². The van der Waals surface area contributed by atoms with Crippen molar-refractivity contribution < 1.29 is 13.2 Å². The zero-order valence-corrected chi connectivity index (χ0v) is 9.91. The lowest BCUT2D eigenvalue weighted by Crippen LogP contribution is -2.09. The summed E-state index contributed by atoms with van der Waals surface area (Å²) in [5, 5.41) is 9.26. The summed E-state index contributed by atoms with van der Waals surface area (Å²) in [4.78, 5) is 7.79. The molecule has 8 heteroatoms. The van der Waals surface area contributed by atoms with Gasteiger partial charge in [0.05, 0.1) is 5.56 Å². The second-order valence-electron chi connectivity index (χ2n) is 3.89. The van der Waals surface area contributed by atoms with Crippen molar-refractivity contribution in [3.8, 4) is 0 Å². The van der Waals surface area contributed by atoms with Gasteiger partial charge in [0.15, 0.2) is 0 Å². The van der Waals surface area contributed by atoms with E-state index in [2.05, 4.69) is 25.5 Å². The molecule has 0 amide bonds. The summed E-state index contributed by atoms with van der Waals surface area (Å²) in [5.74, 6) is 0.964. The normalized spacial score (nSPS) is 11.5. The summed E-state index contributed by atoms with van der Waals surface area (Å²) in [6.45, 7) is 0.509. The molecule has 0 aliphatic heterocycles. The van der Waals surface area contributed by atoms with Gasteiger partial charge in [-0.1, -0.05) is 0 Å². The van der Waals surface area contributed by atoms with E-state index in [1.165, 1.54) is 6.33 Å². The molecule has 0 fully saturated rings. The van der Waals surface area contributed by atoms with Gasteiger partial charge in [-0.15, -0.1) is 0 Å². The van der Waals surface area contributed by atoms with Crippen LogP contribution in [0.2, 0.25) is 0 Å². The van der Waals surface area contributed by atoms with Gasteiger partial charge in [-0.25, -0.2) is 9.97 Å². The zero-order chi connectivity index (χ0) is 13.7. The van der Waals surface area contributed by atoms with Gasteiger partial charge in [0, 0.05) is 19.2 Å². The second kappa shape index (κ2) is 5.68. The van der Waals surface area contributed by atoms with Gasteiger partial charge >= 0.3 is 6.18 Å². The smallest absolute Gasteiger partial charge is 0.370 e. The summed E-state index contributed by atoms with van der Waals surface area (Å²) >= 11 is 0. The topological polar surface area (TPSA) is 66.5 Å². The molecular formula is C11H12F3N5.